The van der Waals surface area contributed by atoms with E-state index in [9.17, 15) is 19.5 Å². The van der Waals surface area contributed by atoms with Crippen LogP contribution in [0.2, 0.25) is 0 Å². The average Bonchev–Trinajstić information content (AvgIpc) is 2.36. The molecule has 0 bridgehead atoms. The number of carboxylic acids is 1. The minimum atomic E-state index is -1.20. The molecule has 8 heteroatoms. The van der Waals surface area contributed by atoms with Crippen molar-refractivity contribution in [2.45, 2.75) is 26.7 Å². The molecule has 0 saturated heterocycles. The smallest absolute Gasteiger partial charge is 0.550 e. The fraction of sp³-hybridized carbons (Fsp3) is 0.400. The first-order valence-electron chi connectivity index (χ1n) is 6.71. The van der Waals surface area contributed by atoms with E-state index < -0.39 is 17.5 Å². The number of benzene rings is 1. The van der Waals surface area contributed by atoms with Gasteiger partial charge in [-0.15, -0.1) is 0 Å². The number of carboxylic acid groups (broad SMARTS) is 1. The molecule has 2 N–H and O–H groups in total. The number of hydrogen-bond acceptors (Lipinski definition) is 5. The van der Waals surface area contributed by atoms with Crippen molar-refractivity contribution in [2.24, 2.45) is 5.41 Å². The summed E-state index contributed by atoms with van der Waals surface area (Å²) >= 11 is 0. The molecule has 1 aromatic rings. The summed E-state index contributed by atoms with van der Waals surface area (Å²) < 4.78 is 4.95. The van der Waals surface area contributed by atoms with Gasteiger partial charge in [0.15, 0.2) is 0 Å². The van der Waals surface area contributed by atoms with Gasteiger partial charge in [0.1, 0.15) is 5.75 Å². The number of aliphatic carboxylic acids is 1. The Kier molecular flexibility index (Phi) is 8.89. The molecule has 1 aromatic carbocycles. The van der Waals surface area contributed by atoms with Crippen molar-refractivity contribution in [3.63, 3.8) is 0 Å². The Labute approximate surface area is 157 Å². The van der Waals surface area contributed by atoms with Crippen LogP contribution in [0.15, 0.2) is 24.3 Å². The molecule has 23 heavy (non-hydrogen) atoms. The first kappa shape index (κ1) is 21.4. The van der Waals surface area contributed by atoms with Crippen molar-refractivity contribution >= 4 is 23.7 Å². The van der Waals surface area contributed by atoms with Crippen LogP contribution in [0, 0.1) is 5.41 Å². The van der Waals surface area contributed by atoms with Crippen LogP contribution in [0.1, 0.15) is 26.7 Å². The zero-order valence-electron chi connectivity index (χ0n) is 13.8. The summed E-state index contributed by atoms with van der Waals surface area (Å²) in [6.07, 6.45) is -0.791. The molecule has 0 aliphatic rings. The molecule has 0 aromatic heterocycles. The first-order valence-corrected chi connectivity index (χ1v) is 6.71. The van der Waals surface area contributed by atoms with E-state index in [0.717, 1.165) is 0 Å². The van der Waals surface area contributed by atoms with Gasteiger partial charge in [0, 0.05) is 31.2 Å². The Hall–Kier alpha value is -1.57. The topological polar surface area (TPSA) is 108 Å². The monoisotopic (exact) mass is 330 g/mol. The second-order valence-electron chi connectivity index (χ2n) is 5.61. The van der Waals surface area contributed by atoms with E-state index in [1.54, 1.807) is 32.0 Å². The molecule has 0 aliphatic heterocycles. The maximum atomic E-state index is 12.0. The molecule has 0 radical (unpaired) electrons. The molecular weight excluding hydrogens is 311 g/mol. The number of carbonyl (C=O) groups is 3. The third kappa shape index (κ3) is 8.59. The van der Waals surface area contributed by atoms with Gasteiger partial charge in [-0.05, 0) is 24.0 Å². The molecule has 0 fully saturated rings. The Morgan fingerprint density at radius 3 is 2.43 bits per heavy atom. The third-order valence-corrected chi connectivity index (χ3v) is 2.79. The third-order valence-electron chi connectivity index (χ3n) is 2.79. The quantitative estimate of drug-likeness (QED) is 0.581. The largest absolute Gasteiger partial charge is 1.00 e. The summed E-state index contributed by atoms with van der Waals surface area (Å²) in [6.45, 7) is 3.35. The summed E-state index contributed by atoms with van der Waals surface area (Å²) in [6, 6.07) is 6.34. The normalized spacial score (nSPS) is 10.2. The molecule has 0 atom stereocenters. The van der Waals surface area contributed by atoms with Crippen LogP contribution < -0.4 is 50.0 Å². The van der Waals surface area contributed by atoms with E-state index in [4.69, 9.17) is 4.74 Å². The Morgan fingerprint density at radius 2 is 1.87 bits per heavy atom. The zero-order valence-corrected chi connectivity index (χ0v) is 15.8. The summed E-state index contributed by atoms with van der Waals surface area (Å²) in [4.78, 5) is 33.7. The van der Waals surface area contributed by atoms with Gasteiger partial charge in [0.05, 0.1) is 0 Å². The van der Waals surface area contributed by atoms with Crippen LogP contribution in [-0.2, 0) is 9.59 Å². The van der Waals surface area contributed by atoms with E-state index in [-0.39, 0.29) is 54.1 Å². The van der Waals surface area contributed by atoms with Crippen molar-refractivity contribution in [2.75, 3.05) is 12.4 Å². The van der Waals surface area contributed by atoms with Crippen molar-refractivity contribution in [1.29, 1.82) is 0 Å². The molecule has 0 unspecified atom stereocenters. The molecule has 7 nitrogen and oxygen atoms in total. The van der Waals surface area contributed by atoms with Crippen LogP contribution in [0.3, 0.4) is 0 Å². The fourth-order valence-electron chi connectivity index (χ4n) is 1.89. The predicted octanol–water partition coefficient (Wildman–Crippen LogP) is -2.10. The van der Waals surface area contributed by atoms with Gasteiger partial charge in [-0.3, -0.25) is 4.79 Å². The molecule has 2 amide bonds. The van der Waals surface area contributed by atoms with Crippen molar-refractivity contribution in [3.8, 4) is 5.75 Å². The SMILES string of the molecule is CNC(=O)Oc1cccc(NC(=O)CC(C)(C)CC(=O)[O-])c1.[Na+]. The molecular formula is C15H19N2NaO5. The molecule has 0 saturated carbocycles. The average molecular weight is 330 g/mol. The standard InChI is InChI=1S/C15H20N2O5.Na/c1-15(2,9-13(19)20)8-12(18)17-10-5-4-6-11(7-10)22-14(21)16-3;/h4-7H,8-9H2,1-3H3,(H,16,21)(H,17,18)(H,19,20);/q;+1/p-1. The molecule has 0 aliphatic carbocycles. The van der Waals surface area contributed by atoms with Gasteiger partial charge in [-0.25, -0.2) is 4.79 Å². The second-order valence-corrected chi connectivity index (χ2v) is 5.61. The first-order chi connectivity index (χ1) is 10.2. The maximum absolute atomic E-state index is 12.0. The maximum Gasteiger partial charge on any atom is 1.00 e. The van der Waals surface area contributed by atoms with E-state index in [1.807, 2.05) is 0 Å². The van der Waals surface area contributed by atoms with Crippen molar-refractivity contribution in [1.82, 2.24) is 5.32 Å². The van der Waals surface area contributed by atoms with Crippen LogP contribution in [-0.4, -0.2) is 25.0 Å². The number of ether oxygens (including phenoxy) is 1. The number of anilines is 1. The van der Waals surface area contributed by atoms with Gasteiger partial charge >= 0.3 is 35.7 Å². The van der Waals surface area contributed by atoms with Gasteiger partial charge < -0.3 is 25.3 Å². The summed E-state index contributed by atoms with van der Waals surface area (Å²) in [5.41, 5.74) is -0.255. The Morgan fingerprint density at radius 1 is 1.22 bits per heavy atom. The minimum Gasteiger partial charge on any atom is -0.550 e. The molecule has 0 spiro atoms. The van der Waals surface area contributed by atoms with Crippen molar-refractivity contribution in [3.05, 3.63) is 24.3 Å². The number of rotatable bonds is 6. The van der Waals surface area contributed by atoms with Crippen LogP contribution in [0.5, 0.6) is 5.75 Å². The fourth-order valence-corrected chi connectivity index (χ4v) is 1.89. The van der Waals surface area contributed by atoms with Gasteiger partial charge in [-0.2, -0.15) is 0 Å². The van der Waals surface area contributed by atoms with E-state index in [2.05, 4.69) is 10.6 Å². The molecule has 120 valence electrons. The Balaban J connectivity index is 0.00000484. The van der Waals surface area contributed by atoms with Crippen LogP contribution in [0.25, 0.3) is 0 Å². The van der Waals surface area contributed by atoms with Gasteiger partial charge in [0.25, 0.3) is 0 Å². The van der Waals surface area contributed by atoms with Gasteiger partial charge in [0.2, 0.25) is 5.91 Å². The molecule has 0 heterocycles. The minimum absolute atomic E-state index is 0. The molecule has 1 rings (SSSR count). The summed E-state index contributed by atoms with van der Waals surface area (Å²) in [7, 11) is 1.44. The number of nitrogens with one attached hydrogen (secondary N) is 2. The van der Waals surface area contributed by atoms with E-state index in [1.165, 1.54) is 13.1 Å². The van der Waals surface area contributed by atoms with Gasteiger partial charge in [-0.1, -0.05) is 19.9 Å². The van der Waals surface area contributed by atoms with Crippen LogP contribution >= 0.6 is 0 Å². The summed E-state index contributed by atoms with van der Waals surface area (Å²) in [5, 5.41) is 15.6. The van der Waals surface area contributed by atoms with Crippen molar-refractivity contribution < 1.29 is 53.8 Å². The number of hydrogen-bond donors (Lipinski definition) is 2. The van der Waals surface area contributed by atoms with E-state index >= 15 is 0 Å². The van der Waals surface area contributed by atoms with E-state index in [0.29, 0.717) is 5.69 Å². The van der Waals surface area contributed by atoms with Crippen LogP contribution in [0.4, 0.5) is 10.5 Å². The summed E-state index contributed by atoms with van der Waals surface area (Å²) in [5.74, 6) is -1.24. The Bertz CT molecular complexity index is 575. The predicted molar refractivity (Wildman–Crippen MR) is 78.2 cm³/mol. The zero-order chi connectivity index (χ0) is 16.8. The number of amides is 2. The number of carbonyl (C=O) groups excluding carboxylic acids is 3. The second kappa shape index (κ2) is 9.54.